The van der Waals surface area contributed by atoms with Gasteiger partial charge in [0.15, 0.2) is 0 Å². The summed E-state index contributed by atoms with van der Waals surface area (Å²) < 4.78 is 0. The first-order valence-corrected chi connectivity index (χ1v) is 7.89. The van der Waals surface area contributed by atoms with Gasteiger partial charge in [-0.05, 0) is 32.9 Å². The van der Waals surface area contributed by atoms with E-state index in [4.69, 9.17) is 0 Å². The van der Waals surface area contributed by atoms with E-state index in [1.807, 2.05) is 6.92 Å². The van der Waals surface area contributed by atoms with Crippen LogP contribution in [0.2, 0.25) is 0 Å². The second-order valence-corrected chi connectivity index (χ2v) is 5.11. The van der Waals surface area contributed by atoms with Gasteiger partial charge in [0.2, 0.25) is 5.91 Å². The van der Waals surface area contributed by atoms with Crippen molar-refractivity contribution < 1.29 is 4.79 Å². The summed E-state index contributed by atoms with van der Waals surface area (Å²) in [5.74, 6) is 0.120. The topological polar surface area (TPSA) is 44.4 Å². The number of hydrogen-bond acceptors (Lipinski definition) is 3. The van der Waals surface area contributed by atoms with Crippen molar-refractivity contribution in [2.45, 2.75) is 59.4 Å². The number of rotatable bonds is 12. The highest BCUT2D eigenvalue weighted by Gasteiger charge is 2.11. The molecule has 1 unspecified atom stereocenters. The number of carbonyl (C=O) groups is 1. The van der Waals surface area contributed by atoms with Crippen molar-refractivity contribution in [3.8, 4) is 0 Å². The molecular formula is C15H33N3O. The Labute approximate surface area is 119 Å². The highest BCUT2D eigenvalue weighted by Crippen LogP contribution is 1.92. The van der Waals surface area contributed by atoms with E-state index in [1.54, 1.807) is 0 Å². The number of carbonyl (C=O) groups excluding carboxylic acids is 1. The Morgan fingerprint density at radius 2 is 1.79 bits per heavy atom. The van der Waals surface area contributed by atoms with Crippen LogP contribution in [0, 0.1) is 0 Å². The van der Waals surface area contributed by atoms with E-state index >= 15 is 0 Å². The lowest BCUT2D eigenvalue weighted by atomic mass is 10.2. The van der Waals surface area contributed by atoms with E-state index in [1.165, 1.54) is 19.3 Å². The van der Waals surface area contributed by atoms with Gasteiger partial charge in [0.05, 0.1) is 6.04 Å². The Kier molecular flexibility index (Phi) is 12.0. The van der Waals surface area contributed by atoms with Crippen LogP contribution >= 0.6 is 0 Å². The molecule has 0 rings (SSSR count). The van der Waals surface area contributed by atoms with E-state index in [0.717, 1.165) is 39.1 Å². The van der Waals surface area contributed by atoms with Gasteiger partial charge in [0.25, 0.3) is 0 Å². The van der Waals surface area contributed by atoms with Crippen LogP contribution in [0.5, 0.6) is 0 Å². The van der Waals surface area contributed by atoms with Gasteiger partial charge >= 0.3 is 0 Å². The van der Waals surface area contributed by atoms with Gasteiger partial charge in [-0.15, -0.1) is 0 Å². The van der Waals surface area contributed by atoms with Crippen LogP contribution in [0.15, 0.2) is 0 Å². The summed E-state index contributed by atoms with van der Waals surface area (Å²) in [7, 11) is 0. The normalized spacial score (nSPS) is 12.7. The van der Waals surface area contributed by atoms with Crippen LogP contribution in [0.25, 0.3) is 0 Å². The lowest BCUT2D eigenvalue weighted by Gasteiger charge is -2.21. The van der Waals surface area contributed by atoms with E-state index in [0.29, 0.717) is 0 Å². The minimum atomic E-state index is -0.0954. The molecule has 0 aromatic heterocycles. The first-order chi connectivity index (χ1) is 9.15. The van der Waals surface area contributed by atoms with Crippen LogP contribution in [-0.4, -0.2) is 49.6 Å². The van der Waals surface area contributed by atoms with Crippen LogP contribution < -0.4 is 10.6 Å². The van der Waals surface area contributed by atoms with Gasteiger partial charge in [-0.25, -0.2) is 0 Å². The molecule has 2 N–H and O–H groups in total. The smallest absolute Gasteiger partial charge is 0.236 e. The summed E-state index contributed by atoms with van der Waals surface area (Å²) in [5.41, 5.74) is 0. The standard InChI is InChI=1S/C15H33N3O/c1-5-8-9-10-17-15(19)14(4)16-11-13-18(7-3)12-6-2/h14,16H,5-13H2,1-4H3,(H,17,19). The SMILES string of the molecule is CCCCCNC(=O)C(C)NCCN(CC)CCC. The molecule has 0 saturated carbocycles. The fourth-order valence-electron chi connectivity index (χ4n) is 2.02. The number of hydrogen-bond donors (Lipinski definition) is 2. The summed E-state index contributed by atoms with van der Waals surface area (Å²) in [6, 6.07) is -0.0954. The van der Waals surface area contributed by atoms with E-state index < -0.39 is 0 Å². The number of amides is 1. The van der Waals surface area contributed by atoms with Gasteiger partial charge in [0.1, 0.15) is 0 Å². The third-order valence-corrected chi connectivity index (χ3v) is 3.34. The average Bonchev–Trinajstić information content (AvgIpc) is 2.42. The van der Waals surface area contributed by atoms with Crippen LogP contribution in [0.4, 0.5) is 0 Å². The van der Waals surface area contributed by atoms with Crippen molar-refractivity contribution in [3.05, 3.63) is 0 Å². The largest absolute Gasteiger partial charge is 0.355 e. The predicted molar refractivity (Wildman–Crippen MR) is 82.4 cm³/mol. The summed E-state index contributed by atoms with van der Waals surface area (Å²) in [6.07, 6.45) is 4.63. The quantitative estimate of drug-likeness (QED) is 0.534. The van der Waals surface area contributed by atoms with Crippen molar-refractivity contribution in [2.24, 2.45) is 0 Å². The average molecular weight is 271 g/mol. The third kappa shape index (κ3) is 9.91. The Hall–Kier alpha value is -0.610. The van der Waals surface area contributed by atoms with Crippen molar-refractivity contribution >= 4 is 5.91 Å². The van der Waals surface area contributed by atoms with Crippen molar-refractivity contribution in [2.75, 3.05) is 32.7 Å². The summed E-state index contributed by atoms with van der Waals surface area (Å²) in [4.78, 5) is 14.2. The molecule has 0 aliphatic rings. The van der Waals surface area contributed by atoms with Crippen molar-refractivity contribution in [1.82, 2.24) is 15.5 Å². The summed E-state index contributed by atoms with van der Waals surface area (Å²) in [5, 5.41) is 6.27. The lowest BCUT2D eigenvalue weighted by Crippen LogP contribution is -2.45. The Bertz CT molecular complexity index is 221. The molecule has 1 atom stereocenters. The van der Waals surface area contributed by atoms with Gasteiger partial charge in [-0.2, -0.15) is 0 Å². The fraction of sp³-hybridized carbons (Fsp3) is 0.933. The Morgan fingerprint density at radius 1 is 1.05 bits per heavy atom. The molecular weight excluding hydrogens is 238 g/mol. The van der Waals surface area contributed by atoms with Crippen LogP contribution in [-0.2, 0) is 4.79 Å². The first-order valence-electron chi connectivity index (χ1n) is 7.89. The highest BCUT2D eigenvalue weighted by atomic mass is 16.2. The van der Waals surface area contributed by atoms with E-state index in [2.05, 4.69) is 36.3 Å². The van der Waals surface area contributed by atoms with Gasteiger partial charge in [0, 0.05) is 19.6 Å². The monoisotopic (exact) mass is 271 g/mol. The maximum atomic E-state index is 11.8. The second-order valence-electron chi connectivity index (χ2n) is 5.11. The van der Waals surface area contributed by atoms with Gasteiger partial charge < -0.3 is 15.5 Å². The fourth-order valence-corrected chi connectivity index (χ4v) is 2.02. The first kappa shape index (κ1) is 18.4. The molecule has 0 saturated heterocycles. The summed E-state index contributed by atoms with van der Waals surface area (Å²) in [6.45, 7) is 13.4. The van der Waals surface area contributed by atoms with Crippen LogP contribution in [0.1, 0.15) is 53.4 Å². The molecule has 114 valence electrons. The zero-order chi connectivity index (χ0) is 14.5. The zero-order valence-corrected chi connectivity index (χ0v) is 13.3. The van der Waals surface area contributed by atoms with Gasteiger partial charge in [-0.1, -0.05) is 33.6 Å². The maximum absolute atomic E-state index is 11.8. The predicted octanol–water partition coefficient (Wildman–Crippen LogP) is 2.00. The number of likely N-dealkylation sites (N-methyl/N-ethyl adjacent to an activating group) is 1. The molecule has 0 heterocycles. The zero-order valence-electron chi connectivity index (χ0n) is 13.3. The molecule has 0 aromatic carbocycles. The lowest BCUT2D eigenvalue weighted by molar-refractivity contribution is -0.122. The minimum Gasteiger partial charge on any atom is -0.355 e. The molecule has 4 heteroatoms. The molecule has 0 fully saturated rings. The van der Waals surface area contributed by atoms with Crippen LogP contribution in [0.3, 0.4) is 0 Å². The Balaban J connectivity index is 3.66. The molecule has 0 bridgehead atoms. The number of nitrogens with one attached hydrogen (secondary N) is 2. The summed E-state index contributed by atoms with van der Waals surface area (Å²) >= 11 is 0. The van der Waals surface area contributed by atoms with E-state index in [-0.39, 0.29) is 11.9 Å². The van der Waals surface area contributed by atoms with Crippen molar-refractivity contribution in [1.29, 1.82) is 0 Å². The molecule has 0 radical (unpaired) electrons. The molecule has 0 aromatic rings. The Morgan fingerprint density at radius 3 is 2.37 bits per heavy atom. The molecule has 0 spiro atoms. The third-order valence-electron chi connectivity index (χ3n) is 3.34. The molecule has 0 aliphatic heterocycles. The molecule has 1 amide bonds. The molecule has 0 aliphatic carbocycles. The van der Waals surface area contributed by atoms with Gasteiger partial charge in [-0.3, -0.25) is 4.79 Å². The minimum absolute atomic E-state index is 0.0954. The number of unbranched alkanes of at least 4 members (excludes halogenated alkanes) is 2. The molecule has 4 nitrogen and oxygen atoms in total. The maximum Gasteiger partial charge on any atom is 0.236 e. The van der Waals surface area contributed by atoms with Crippen molar-refractivity contribution in [3.63, 3.8) is 0 Å². The second kappa shape index (κ2) is 12.4. The number of nitrogens with zero attached hydrogens (tertiary/aromatic N) is 1. The molecule has 19 heavy (non-hydrogen) atoms. The highest BCUT2D eigenvalue weighted by molar-refractivity contribution is 5.81. The van der Waals surface area contributed by atoms with E-state index in [9.17, 15) is 4.79 Å².